The van der Waals surface area contributed by atoms with Crippen LogP contribution in [0.3, 0.4) is 0 Å². The van der Waals surface area contributed by atoms with E-state index in [-0.39, 0.29) is 6.10 Å². The molecule has 0 radical (unpaired) electrons. The normalized spacial score (nSPS) is 18.1. The average molecular weight is 220 g/mol. The van der Waals surface area contributed by atoms with Gasteiger partial charge in [0.25, 0.3) is 0 Å². The predicted octanol–water partition coefficient (Wildman–Crippen LogP) is -0.174. The van der Waals surface area contributed by atoms with E-state index in [2.05, 4.69) is 0 Å². The molecule has 1 unspecified atom stereocenters. The summed E-state index contributed by atoms with van der Waals surface area (Å²) in [5, 5.41) is 0. The minimum atomic E-state index is -0.519. The van der Waals surface area contributed by atoms with Gasteiger partial charge in [0.15, 0.2) is 0 Å². The number of nitrogens with two attached hydrogens (primary N) is 2. The average Bonchev–Trinajstić information content (AvgIpc) is 3.01. The number of primary amides is 2. The van der Waals surface area contributed by atoms with E-state index in [0.29, 0.717) is 29.7 Å². The van der Waals surface area contributed by atoms with E-state index < -0.39 is 11.8 Å². The molecule has 16 heavy (non-hydrogen) atoms. The Labute approximate surface area is 92.4 Å². The third-order valence-corrected chi connectivity index (χ3v) is 2.51. The number of benzene rings is 1. The lowest BCUT2D eigenvalue weighted by atomic mass is 9.99. The lowest BCUT2D eigenvalue weighted by Crippen LogP contribution is -2.17. The smallest absolute Gasteiger partial charge is 0.248 e. The predicted molar refractivity (Wildman–Crippen MR) is 56.9 cm³/mol. The molecule has 0 aliphatic carbocycles. The first-order valence-electron chi connectivity index (χ1n) is 4.92. The van der Waals surface area contributed by atoms with Gasteiger partial charge in [0, 0.05) is 17.5 Å². The Balaban J connectivity index is 2.37. The lowest BCUT2D eigenvalue weighted by molar-refractivity contribution is 0.0987. The van der Waals surface area contributed by atoms with Crippen molar-refractivity contribution in [1.29, 1.82) is 0 Å². The van der Waals surface area contributed by atoms with Crippen molar-refractivity contribution in [2.45, 2.75) is 12.5 Å². The second kappa shape index (κ2) is 3.94. The SMILES string of the molecule is NC(=O)c1ccc(C(N)=O)c(CC2CO2)c1. The Morgan fingerprint density at radius 2 is 2.00 bits per heavy atom. The molecule has 1 saturated heterocycles. The first kappa shape index (κ1) is 10.6. The minimum absolute atomic E-state index is 0.126. The number of hydrogen-bond donors (Lipinski definition) is 2. The fourth-order valence-electron chi connectivity index (χ4n) is 1.59. The van der Waals surface area contributed by atoms with Gasteiger partial charge in [0.1, 0.15) is 0 Å². The molecule has 2 rings (SSSR count). The highest BCUT2D eigenvalue weighted by atomic mass is 16.6. The van der Waals surface area contributed by atoms with Gasteiger partial charge in [-0.05, 0) is 23.8 Å². The quantitative estimate of drug-likeness (QED) is 0.689. The van der Waals surface area contributed by atoms with Crippen LogP contribution in [0.1, 0.15) is 26.3 Å². The van der Waals surface area contributed by atoms with E-state index in [9.17, 15) is 9.59 Å². The first-order chi connectivity index (χ1) is 7.58. The Hall–Kier alpha value is -1.88. The van der Waals surface area contributed by atoms with Crippen LogP contribution in [0.5, 0.6) is 0 Å². The van der Waals surface area contributed by atoms with Crippen molar-refractivity contribution in [2.75, 3.05) is 6.61 Å². The molecular weight excluding hydrogens is 208 g/mol. The highest BCUT2D eigenvalue weighted by Crippen LogP contribution is 2.20. The third kappa shape index (κ3) is 2.20. The van der Waals surface area contributed by atoms with Crippen LogP contribution in [0, 0.1) is 0 Å². The number of amides is 2. The van der Waals surface area contributed by atoms with E-state index in [1.807, 2.05) is 0 Å². The number of rotatable bonds is 4. The summed E-state index contributed by atoms with van der Waals surface area (Å²) >= 11 is 0. The van der Waals surface area contributed by atoms with Crippen LogP contribution < -0.4 is 11.5 Å². The molecular formula is C11H12N2O3. The van der Waals surface area contributed by atoms with Gasteiger partial charge in [-0.15, -0.1) is 0 Å². The van der Waals surface area contributed by atoms with Crippen molar-refractivity contribution in [3.63, 3.8) is 0 Å². The van der Waals surface area contributed by atoms with Crippen LogP contribution in [0.2, 0.25) is 0 Å². The van der Waals surface area contributed by atoms with E-state index in [4.69, 9.17) is 16.2 Å². The van der Waals surface area contributed by atoms with Gasteiger partial charge in [-0.2, -0.15) is 0 Å². The highest BCUT2D eigenvalue weighted by Gasteiger charge is 2.25. The van der Waals surface area contributed by atoms with Crippen LogP contribution in [0.25, 0.3) is 0 Å². The van der Waals surface area contributed by atoms with Crippen LogP contribution in [0.15, 0.2) is 18.2 Å². The van der Waals surface area contributed by atoms with Crippen molar-refractivity contribution in [1.82, 2.24) is 0 Å². The summed E-state index contributed by atoms with van der Waals surface area (Å²) in [7, 11) is 0. The molecule has 1 aliphatic heterocycles. The Morgan fingerprint density at radius 1 is 1.31 bits per heavy atom. The topological polar surface area (TPSA) is 98.7 Å². The number of carbonyl (C=O) groups is 2. The summed E-state index contributed by atoms with van der Waals surface area (Å²) in [5.41, 5.74) is 11.9. The van der Waals surface area contributed by atoms with Crippen LogP contribution in [-0.4, -0.2) is 24.5 Å². The van der Waals surface area contributed by atoms with Gasteiger partial charge in [-0.1, -0.05) is 0 Å². The maximum atomic E-state index is 11.2. The number of ether oxygens (including phenoxy) is 1. The van der Waals surface area contributed by atoms with Gasteiger partial charge in [-0.3, -0.25) is 9.59 Å². The van der Waals surface area contributed by atoms with E-state index in [1.165, 1.54) is 12.1 Å². The summed E-state index contributed by atoms with van der Waals surface area (Å²) in [6.45, 7) is 0.680. The van der Waals surface area contributed by atoms with E-state index >= 15 is 0 Å². The number of carbonyl (C=O) groups excluding carboxylic acids is 2. The molecule has 1 atom stereocenters. The second-order valence-electron chi connectivity index (χ2n) is 3.76. The Kier molecular flexibility index (Phi) is 2.62. The molecule has 0 aromatic heterocycles. The van der Waals surface area contributed by atoms with Gasteiger partial charge < -0.3 is 16.2 Å². The Morgan fingerprint density at radius 3 is 2.50 bits per heavy atom. The summed E-state index contributed by atoms with van der Waals surface area (Å²) in [6.07, 6.45) is 0.709. The van der Waals surface area contributed by atoms with Crippen molar-refractivity contribution in [3.8, 4) is 0 Å². The van der Waals surface area contributed by atoms with Crippen molar-refractivity contribution >= 4 is 11.8 Å². The maximum absolute atomic E-state index is 11.2. The molecule has 4 N–H and O–H groups in total. The number of hydrogen-bond acceptors (Lipinski definition) is 3. The summed E-state index contributed by atoms with van der Waals surface area (Å²) in [6, 6.07) is 4.63. The molecule has 0 spiro atoms. The van der Waals surface area contributed by atoms with Crippen LogP contribution in [0.4, 0.5) is 0 Å². The monoisotopic (exact) mass is 220 g/mol. The summed E-state index contributed by atoms with van der Waals surface area (Å²) in [4.78, 5) is 22.2. The molecule has 1 aromatic carbocycles. The molecule has 5 heteroatoms. The zero-order valence-electron chi connectivity index (χ0n) is 8.60. The molecule has 0 bridgehead atoms. The first-order valence-corrected chi connectivity index (χ1v) is 4.92. The summed E-state index contributed by atoms with van der Waals surface area (Å²) in [5.74, 6) is -1.03. The molecule has 1 heterocycles. The van der Waals surface area contributed by atoms with Crippen molar-refractivity contribution < 1.29 is 14.3 Å². The third-order valence-electron chi connectivity index (χ3n) is 2.51. The fraction of sp³-hybridized carbons (Fsp3) is 0.273. The molecule has 0 saturated carbocycles. The zero-order valence-corrected chi connectivity index (χ0v) is 8.60. The molecule has 2 amide bonds. The second-order valence-corrected chi connectivity index (χ2v) is 3.76. The van der Waals surface area contributed by atoms with Gasteiger partial charge in [0.05, 0.1) is 12.7 Å². The molecule has 84 valence electrons. The molecule has 5 nitrogen and oxygen atoms in total. The highest BCUT2D eigenvalue weighted by molar-refractivity contribution is 5.97. The zero-order chi connectivity index (χ0) is 11.7. The van der Waals surface area contributed by atoms with Gasteiger partial charge in [-0.25, -0.2) is 0 Å². The van der Waals surface area contributed by atoms with Gasteiger partial charge >= 0.3 is 0 Å². The van der Waals surface area contributed by atoms with Crippen LogP contribution in [-0.2, 0) is 11.2 Å². The van der Waals surface area contributed by atoms with Crippen molar-refractivity contribution in [3.05, 3.63) is 34.9 Å². The lowest BCUT2D eigenvalue weighted by Gasteiger charge is -2.06. The fourth-order valence-corrected chi connectivity index (χ4v) is 1.59. The van der Waals surface area contributed by atoms with E-state index in [1.54, 1.807) is 6.07 Å². The molecule has 1 aliphatic rings. The largest absolute Gasteiger partial charge is 0.373 e. The standard InChI is InChI=1S/C11H12N2O3/c12-10(14)6-1-2-9(11(13)15)7(3-6)4-8-5-16-8/h1-3,8H,4-5H2,(H2,12,14)(H2,13,15). The maximum Gasteiger partial charge on any atom is 0.248 e. The number of epoxide rings is 1. The van der Waals surface area contributed by atoms with E-state index in [0.717, 1.165) is 0 Å². The summed E-state index contributed by atoms with van der Waals surface area (Å²) < 4.78 is 5.08. The van der Waals surface area contributed by atoms with Crippen LogP contribution >= 0.6 is 0 Å². The molecule has 1 fully saturated rings. The molecule has 1 aromatic rings. The van der Waals surface area contributed by atoms with Gasteiger partial charge in [0.2, 0.25) is 11.8 Å². The Bertz CT molecular complexity index is 453. The van der Waals surface area contributed by atoms with Crippen molar-refractivity contribution in [2.24, 2.45) is 11.5 Å². The minimum Gasteiger partial charge on any atom is -0.373 e.